The maximum atomic E-state index is 11.1. The Kier molecular flexibility index (Phi) is 3.67. The first-order chi connectivity index (χ1) is 8.61. The van der Waals surface area contributed by atoms with Crippen molar-refractivity contribution in [3.05, 3.63) is 52.3 Å². The van der Waals surface area contributed by atoms with E-state index in [9.17, 15) is 4.79 Å². The Hall–Kier alpha value is -1.81. The minimum absolute atomic E-state index is 0.187. The van der Waals surface area contributed by atoms with Crippen molar-refractivity contribution in [2.45, 2.75) is 19.9 Å². The van der Waals surface area contributed by atoms with Gasteiger partial charge in [0.2, 0.25) is 0 Å². The highest BCUT2D eigenvalue weighted by molar-refractivity contribution is 6.31. The average Bonchev–Trinajstić information content (AvgIpc) is 2.75. The Balaban J connectivity index is 2.36. The van der Waals surface area contributed by atoms with E-state index in [1.165, 1.54) is 4.68 Å². The van der Waals surface area contributed by atoms with Crippen molar-refractivity contribution in [2.24, 2.45) is 0 Å². The largest absolute Gasteiger partial charge is 0.477 e. The summed E-state index contributed by atoms with van der Waals surface area (Å²) in [4.78, 5) is 11.1. The van der Waals surface area contributed by atoms with E-state index in [-0.39, 0.29) is 5.69 Å². The highest BCUT2D eigenvalue weighted by Crippen LogP contribution is 2.17. The lowest BCUT2D eigenvalue weighted by atomic mass is 10.2. The molecule has 18 heavy (non-hydrogen) atoms. The minimum Gasteiger partial charge on any atom is -0.477 e. The summed E-state index contributed by atoms with van der Waals surface area (Å²) in [6.07, 6.45) is 0.704. The van der Waals surface area contributed by atoms with Crippen molar-refractivity contribution in [1.82, 2.24) is 9.78 Å². The number of nitrogens with zero attached hydrogens (tertiary/aromatic N) is 2. The van der Waals surface area contributed by atoms with Crippen LogP contribution in [0.5, 0.6) is 0 Å². The molecule has 0 aliphatic carbocycles. The van der Waals surface area contributed by atoms with Crippen LogP contribution in [0.2, 0.25) is 5.02 Å². The Morgan fingerprint density at radius 3 is 2.78 bits per heavy atom. The Labute approximate surface area is 110 Å². The molecule has 1 heterocycles. The second-order valence-corrected chi connectivity index (χ2v) is 4.34. The van der Waals surface area contributed by atoms with Gasteiger partial charge in [-0.25, -0.2) is 4.79 Å². The van der Waals surface area contributed by atoms with Crippen LogP contribution < -0.4 is 0 Å². The first kappa shape index (κ1) is 12.6. The number of carboxylic acid groups (broad SMARTS) is 1. The minimum atomic E-state index is -0.978. The number of rotatable bonds is 4. The highest BCUT2D eigenvalue weighted by atomic mass is 35.5. The van der Waals surface area contributed by atoms with Crippen LogP contribution in [-0.4, -0.2) is 20.9 Å². The first-order valence-electron chi connectivity index (χ1n) is 5.65. The lowest BCUT2D eigenvalue weighted by molar-refractivity contribution is 0.0684. The van der Waals surface area contributed by atoms with Crippen LogP contribution in [0.1, 0.15) is 28.7 Å². The Morgan fingerprint density at radius 2 is 2.17 bits per heavy atom. The van der Waals surface area contributed by atoms with Gasteiger partial charge in [-0.15, -0.1) is 0 Å². The quantitative estimate of drug-likeness (QED) is 0.924. The molecule has 4 nitrogen and oxygen atoms in total. The van der Waals surface area contributed by atoms with Gasteiger partial charge in [0.15, 0.2) is 0 Å². The Bertz CT molecular complexity index is 578. The summed E-state index contributed by atoms with van der Waals surface area (Å²) in [6, 6.07) is 8.94. The lowest BCUT2D eigenvalue weighted by Crippen LogP contribution is -2.11. The van der Waals surface area contributed by atoms with Crippen LogP contribution in [0.3, 0.4) is 0 Å². The maximum Gasteiger partial charge on any atom is 0.354 e. The Morgan fingerprint density at radius 1 is 1.44 bits per heavy atom. The topological polar surface area (TPSA) is 55.1 Å². The molecule has 0 fully saturated rings. The molecule has 0 amide bonds. The molecule has 0 saturated heterocycles. The molecular weight excluding hydrogens is 252 g/mol. The highest BCUT2D eigenvalue weighted by Gasteiger charge is 2.14. The summed E-state index contributed by atoms with van der Waals surface area (Å²) in [5, 5.41) is 14.0. The molecule has 0 bridgehead atoms. The second kappa shape index (κ2) is 5.23. The van der Waals surface area contributed by atoms with Gasteiger partial charge in [0.1, 0.15) is 5.69 Å². The standard InChI is InChI=1S/C13H13ClN2O2/c1-2-10-7-12(13(17)18)16(15-10)8-9-5-3-4-6-11(9)14/h3-7H,2,8H2,1H3,(H,17,18). The van der Waals surface area contributed by atoms with E-state index in [0.29, 0.717) is 18.0 Å². The summed E-state index contributed by atoms with van der Waals surface area (Å²) < 4.78 is 1.47. The van der Waals surface area contributed by atoms with Crippen LogP contribution in [0.4, 0.5) is 0 Å². The molecule has 0 atom stereocenters. The summed E-state index contributed by atoms with van der Waals surface area (Å²) in [6.45, 7) is 2.30. The lowest BCUT2D eigenvalue weighted by Gasteiger charge is -2.06. The van der Waals surface area contributed by atoms with Crippen LogP contribution in [0, 0.1) is 0 Å². The summed E-state index contributed by atoms with van der Waals surface area (Å²) >= 11 is 6.06. The number of carboxylic acids is 1. The van der Waals surface area contributed by atoms with Crippen LogP contribution in [0.25, 0.3) is 0 Å². The van der Waals surface area contributed by atoms with Gasteiger partial charge < -0.3 is 5.11 Å². The fourth-order valence-electron chi connectivity index (χ4n) is 1.72. The predicted molar refractivity (Wildman–Crippen MR) is 69.1 cm³/mol. The van der Waals surface area contributed by atoms with Crippen LogP contribution in [0.15, 0.2) is 30.3 Å². The number of hydrogen-bond acceptors (Lipinski definition) is 2. The molecule has 0 unspecified atom stereocenters. The van der Waals surface area contributed by atoms with Crippen molar-refractivity contribution in [3.8, 4) is 0 Å². The maximum absolute atomic E-state index is 11.1. The van der Waals surface area contributed by atoms with Gasteiger partial charge in [0.05, 0.1) is 12.2 Å². The average molecular weight is 265 g/mol. The fraction of sp³-hybridized carbons (Fsp3) is 0.231. The van der Waals surface area contributed by atoms with Crippen molar-refractivity contribution < 1.29 is 9.90 Å². The zero-order chi connectivity index (χ0) is 13.1. The molecule has 0 saturated carbocycles. The molecule has 0 spiro atoms. The van der Waals surface area contributed by atoms with E-state index in [2.05, 4.69) is 5.10 Å². The fourth-order valence-corrected chi connectivity index (χ4v) is 1.92. The number of benzene rings is 1. The van der Waals surface area contributed by atoms with Crippen molar-refractivity contribution >= 4 is 17.6 Å². The van der Waals surface area contributed by atoms with Gasteiger partial charge in [0, 0.05) is 5.02 Å². The van der Waals surface area contributed by atoms with E-state index >= 15 is 0 Å². The summed E-state index contributed by atoms with van der Waals surface area (Å²) in [7, 11) is 0. The SMILES string of the molecule is CCc1cc(C(=O)O)n(Cc2ccccc2Cl)n1. The van der Waals surface area contributed by atoms with Gasteiger partial charge in [-0.3, -0.25) is 4.68 Å². The van der Waals surface area contributed by atoms with Crippen LogP contribution in [-0.2, 0) is 13.0 Å². The molecule has 94 valence electrons. The van der Waals surface area contributed by atoms with Crippen LogP contribution >= 0.6 is 11.6 Å². The molecule has 5 heteroatoms. The number of aromatic nitrogens is 2. The molecular formula is C13H13ClN2O2. The van der Waals surface area contributed by atoms with Crippen molar-refractivity contribution in [2.75, 3.05) is 0 Å². The number of aromatic carboxylic acids is 1. The summed E-state index contributed by atoms with van der Waals surface area (Å²) in [5.74, 6) is -0.978. The molecule has 0 aliphatic heterocycles. The van der Waals surface area contributed by atoms with E-state index in [1.807, 2.05) is 25.1 Å². The van der Waals surface area contributed by atoms with E-state index in [0.717, 1.165) is 11.3 Å². The molecule has 0 aliphatic rings. The zero-order valence-electron chi connectivity index (χ0n) is 9.93. The monoisotopic (exact) mass is 264 g/mol. The molecule has 0 radical (unpaired) electrons. The molecule has 1 N–H and O–H groups in total. The third-order valence-corrected chi connectivity index (χ3v) is 3.06. The molecule has 2 rings (SSSR count). The smallest absolute Gasteiger partial charge is 0.354 e. The number of carbonyl (C=O) groups is 1. The van der Waals surface area contributed by atoms with Crippen molar-refractivity contribution in [1.29, 1.82) is 0 Å². The first-order valence-corrected chi connectivity index (χ1v) is 6.03. The predicted octanol–water partition coefficient (Wildman–Crippen LogP) is 2.85. The molecule has 1 aromatic carbocycles. The number of hydrogen-bond donors (Lipinski definition) is 1. The van der Waals surface area contributed by atoms with Gasteiger partial charge in [-0.2, -0.15) is 5.10 Å². The third kappa shape index (κ3) is 2.54. The van der Waals surface area contributed by atoms with Crippen molar-refractivity contribution in [3.63, 3.8) is 0 Å². The van der Waals surface area contributed by atoms with E-state index in [1.54, 1.807) is 12.1 Å². The van der Waals surface area contributed by atoms with Gasteiger partial charge >= 0.3 is 5.97 Å². The van der Waals surface area contributed by atoms with E-state index < -0.39 is 5.97 Å². The number of halogens is 1. The van der Waals surface area contributed by atoms with Gasteiger partial charge in [0.25, 0.3) is 0 Å². The number of aryl methyl sites for hydroxylation is 1. The zero-order valence-corrected chi connectivity index (χ0v) is 10.7. The van der Waals surface area contributed by atoms with E-state index in [4.69, 9.17) is 16.7 Å². The third-order valence-electron chi connectivity index (χ3n) is 2.69. The molecule has 2 aromatic rings. The van der Waals surface area contributed by atoms with Gasteiger partial charge in [-0.1, -0.05) is 36.7 Å². The molecule has 1 aromatic heterocycles. The summed E-state index contributed by atoms with van der Waals surface area (Å²) in [5.41, 5.74) is 1.80. The normalized spacial score (nSPS) is 10.6. The van der Waals surface area contributed by atoms with Gasteiger partial charge in [-0.05, 0) is 24.1 Å². The second-order valence-electron chi connectivity index (χ2n) is 3.93.